The smallest absolute Gasteiger partial charge is 0.256 e. The molecule has 1 aliphatic rings. The summed E-state index contributed by atoms with van der Waals surface area (Å²) in [5.41, 5.74) is 11.0. The summed E-state index contributed by atoms with van der Waals surface area (Å²) in [6.07, 6.45) is 0. The summed E-state index contributed by atoms with van der Waals surface area (Å²) in [7, 11) is 0. The molecule has 1 amide bonds. The summed E-state index contributed by atoms with van der Waals surface area (Å²) in [5.74, 6) is -0.307. The van der Waals surface area contributed by atoms with E-state index < -0.39 is 0 Å². The Morgan fingerprint density at radius 1 is 1.12 bits per heavy atom. The third kappa shape index (κ3) is 3.48. The first-order valence-corrected chi connectivity index (χ1v) is 7.67. The zero-order valence-electron chi connectivity index (χ0n) is 13.1. The molecule has 1 N–H and O–H groups in total. The molecule has 0 saturated carbocycles. The van der Waals surface area contributed by atoms with Crippen molar-refractivity contribution in [3.8, 4) is 0 Å². The lowest BCUT2D eigenvalue weighted by Crippen LogP contribution is -2.36. The van der Waals surface area contributed by atoms with Gasteiger partial charge in [0.1, 0.15) is 0 Å². The lowest BCUT2D eigenvalue weighted by molar-refractivity contribution is 0.102. The van der Waals surface area contributed by atoms with E-state index in [0.717, 1.165) is 24.5 Å². The Balaban J connectivity index is 1.86. The molecular weight excluding hydrogens is 306 g/mol. The summed E-state index contributed by atoms with van der Waals surface area (Å²) in [5, 5.41) is 6.49. The number of hydrogen-bond donors (Lipinski definition) is 1. The standard InChI is InChI=1S/C17H17N5O2/c18-21-20-14-6-2-1-5-13(14)17(23)19-15-7-3-4-8-16(15)22-9-11-24-12-10-22/h1-8H,9-12H2,(H,19,23). The largest absolute Gasteiger partial charge is 0.378 e. The summed E-state index contributed by atoms with van der Waals surface area (Å²) in [6.45, 7) is 2.90. The first kappa shape index (κ1) is 15.9. The monoisotopic (exact) mass is 323 g/mol. The SMILES string of the molecule is [N-]=[N+]=Nc1ccccc1C(=O)Nc1ccccc1N1CCOCC1. The van der Waals surface area contributed by atoms with Crippen LogP contribution in [0.4, 0.5) is 17.1 Å². The second kappa shape index (κ2) is 7.50. The second-order valence-electron chi connectivity index (χ2n) is 5.28. The lowest BCUT2D eigenvalue weighted by Gasteiger charge is -2.30. The minimum atomic E-state index is -0.307. The van der Waals surface area contributed by atoms with E-state index in [1.54, 1.807) is 24.3 Å². The number of ether oxygens (including phenoxy) is 1. The van der Waals surface area contributed by atoms with Crippen LogP contribution in [0.3, 0.4) is 0 Å². The predicted octanol–water partition coefficient (Wildman–Crippen LogP) is 3.72. The van der Waals surface area contributed by atoms with Crippen molar-refractivity contribution in [3.63, 3.8) is 0 Å². The lowest BCUT2D eigenvalue weighted by atomic mass is 10.1. The number of hydrogen-bond acceptors (Lipinski definition) is 4. The molecule has 3 rings (SSSR count). The highest BCUT2D eigenvalue weighted by Crippen LogP contribution is 2.28. The van der Waals surface area contributed by atoms with Gasteiger partial charge in [-0.1, -0.05) is 35.4 Å². The van der Waals surface area contributed by atoms with Crippen molar-refractivity contribution in [2.24, 2.45) is 5.11 Å². The minimum absolute atomic E-state index is 0.307. The van der Waals surface area contributed by atoms with Gasteiger partial charge in [0, 0.05) is 23.6 Å². The quantitative estimate of drug-likeness (QED) is 0.528. The average Bonchev–Trinajstić information content (AvgIpc) is 2.63. The Labute approximate surface area is 139 Å². The van der Waals surface area contributed by atoms with Gasteiger partial charge in [0.15, 0.2) is 0 Å². The molecular formula is C17H17N5O2. The van der Waals surface area contributed by atoms with E-state index >= 15 is 0 Å². The van der Waals surface area contributed by atoms with E-state index in [0.29, 0.717) is 24.5 Å². The fraction of sp³-hybridized carbons (Fsp3) is 0.235. The normalized spacial score (nSPS) is 13.9. The van der Waals surface area contributed by atoms with E-state index in [-0.39, 0.29) is 5.91 Å². The molecule has 0 atom stereocenters. The Morgan fingerprint density at radius 3 is 2.62 bits per heavy atom. The van der Waals surface area contributed by atoms with Crippen LogP contribution in [-0.4, -0.2) is 32.2 Å². The van der Waals surface area contributed by atoms with Crippen molar-refractivity contribution in [2.75, 3.05) is 36.5 Å². The summed E-state index contributed by atoms with van der Waals surface area (Å²) < 4.78 is 5.38. The number of rotatable bonds is 4. The number of morpholine rings is 1. The number of carbonyl (C=O) groups is 1. The van der Waals surface area contributed by atoms with Crippen LogP contribution < -0.4 is 10.2 Å². The second-order valence-corrected chi connectivity index (χ2v) is 5.28. The molecule has 1 fully saturated rings. The van der Waals surface area contributed by atoms with Gasteiger partial charge in [0.05, 0.1) is 30.3 Å². The van der Waals surface area contributed by atoms with Crippen molar-refractivity contribution < 1.29 is 9.53 Å². The molecule has 7 heteroatoms. The Hall–Kier alpha value is -3.02. The minimum Gasteiger partial charge on any atom is -0.378 e. The number of azide groups is 1. The van der Waals surface area contributed by atoms with Crippen LogP contribution in [0.5, 0.6) is 0 Å². The van der Waals surface area contributed by atoms with Gasteiger partial charge in [-0.3, -0.25) is 4.79 Å². The van der Waals surface area contributed by atoms with Gasteiger partial charge >= 0.3 is 0 Å². The summed E-state index contributed by atoms with van der Waals surface area (Å²) >= 11 is 0. The van der Waals surface area contributed by atoms with Gasteiger partial charge in [-0.05, 0) is 23.7 Å². The Kier molecular flexibility index (Phi) is 4.96. The molecule has 1 aliphatic heterocycles. The third-order valence-electron chi connectivity index (χ3n) is 3.81. The van der Waals surface area contributed by atoms with Crippen molar-refractivity contribution in [1.82, 2.24) is 0 Å². The van der Waals surface area contributed by atoms with Gasteiger partial charge in [0.2, 0.25) is 0 Å². The Bertz CT molecular complexity index is 780. The molecule has 0 spiro atoms. The van der Waals surface area contributed by atoms with E-state index in [1.165, 1.54) is 0 Å². The number of benzene rings is 2. The van der Waals surface area contributed by atoms with Crippen LogP contribution in [0.15, 0.2) is 53.6 Å². The zero-order chi connectivity index (χ0) is 16.8. The number of para-hydroxylation sites is 2. The number of nitrogens with zero attached hydrogens (tertiary/aromatic N) is 4. The van der Waals surface area contributed by atoms with Gasteiger partial charge in [0.25, 0.3) is 5.91 Å². The van der Waals surface area contributed by atoms with E-state index in [9.17, 15) is 4.79 Å². The molecule has 1 heterocycles. The fourth-order valence-corrected chi connectivity index (χ4v) is 2.65. The molecule has 0 aliphatic carbocycles. The molecule has 0 unspecified atom stereocenters. The number of anilines is 2. The van der Waals surface area contributed by atoms with Gasteiger partial charge in [-0.2, -0.15) is 0 Å². The Morgan fingerprint density at radius 2 is 1.83 bits per heavy atom. The maximum Gasteiger partial charge on any atom is 0.256 e. The highest BCUT2D eigenvalue weighted by atomic mass is 16.5. The third-order valence-corrected chi connectivity index (χ3v) is 3.81. The highest BCUT2D eigenvalue weighted by Gasteiger charge is 2.17. The van der Waals surface area contributed by atoms with Crippen LogP contribution in [-0.2, 0) is 4.74 Å². The van der Waals surface area contributed by atoms with Crippen LogP contribution in [0.1, 0.15) is 10.4 Å². The molecule has 122 valence electrons. The van der Waals surface area contributed by atoms with Crippen molar-refractivity contribution in [1.29, 1.82) is 0 Å². The van der Waals surface area contributed by atoms with E-state index in [2.05, 4.69) is 20.2 Å². The molecule has 1 saturated heterocycles. The van der Waals surface area contributed by atoms with Crippen LogP contribution in [0.2, 0.25) is 0 Å². The van der Waals surface area contributed by atoms with Gasteiger partial charge < -0.3 is 15.0 Å². The van der Waals surface area contributed by atoms with E-state index in [4.69, 9.17) is 10.3 Å². The van der Waals surface area contributed by atoms with Gasteiger partial charge in [-0.15, -0.1) is 0 Å². The molecule has 7 nitrogen and oxygen atoms in total. The number of nitrogens with one attached hydrogen (secondary N) is 1. The van der Waals surface area contributed by atoms with Crippen molar-refractivity contribution in [2.45, 2.75) is 0 Å². The van der Waals surface area contributed by atoms with Crippen LogP contribution in [0, 0.1) is 0 Å². The first-order chi connectivity index (χ1) is 11.8. The van der Waals surface area contributed by atoms with Crippen molar-refractivity contribution >= 4 is 23.0 Å². The highest BCUT2D eigenvalue weighted by molar-refractivity contribution is 6.08. The molecule has 24 heavy (non-hydrogen) atoms. The molecule has 0 bridgehead atoms. The van der Waals surface area contributed by atoms with Crippen molar-refractivity contribution in [3.05, 3.63) is 64.5 Å². The molecule has 0 aromatic heterocycles. The van der Waals surface area contributed by atoms with Crippen LogP contribution in [0.25, 0.3) is 10.4 Å². The zero-order valence-corrected chi connectivity index (χ0v) is 13.1. The maximum atomic E-state index is 12.6. The average molecular weight is 323 g/mol. The molecule has 2 aromatic rings. The summed E-state index contributed by atoms with van der Waals surface area (Å²) in [6, 6.07) is 14.4. The number of amides is 1. The maximum absolute atomic E-state index is 12.6. The van der Waals surface area contributed by atoms with Crippen LogP contribution >= 0.6 is 0 Å². The molecule has 0 radical (unpaired) electrons. The topological polar surface area (TPSA) is 90.3 Å². The predicted molar refractivity (Wildman–Crippen MR) is 92.7 cm³/mol. The number of carbonyl (C=O) groups excluding carboxylic acids is 1. The fourth-order valence-electron chi connectivity index (χ4n) is 2.65. The molecule has 2 aromatic carbocycles. The van der Waals surface area contributed by atoms with Gasteiger partial charge in [-0.25, -0.2) is 0 Å². The first-order valence-electron chi connectivity index (χ1n) is 7.67. The summed E-state index contributed by atoms with van der Waals surface area (Å²) in [4.78, 5) is 17.6. The van der Waals surface area contributed by atoms with E-state index in [1.807, 2.05) is 24.3 Å².